The number of Topliss-reactive ketones (excluding diaryl/α,β-unsaturated/α-hetero) is 1. The van der Waals surface area contributed by atoms with E-state index in [-0.39, 0.29) is 17.2 Å². The molecule has 1 aromatic heterocycles. The van der Waals surface area contributed by atoms with Crippen LogP contribution in [0.5, 0.6) is 5.75 Å². The first-order valence-corrected chi connectivity index (χ1v) is 8.07. The zero-order valence-corrected chi connectivity index (χ0v) is 14.8. The number of aromatic hydroxyl groups is 1. The molecule has 0 aliphatic heterocycles. The van der Waals surface area contributed by atoms with Crippen LogP contribution in [0, 0.1) is 6.92 Å². The second-order valence-electron chi connectivity index (χ2n) is 5.90. The van der Waals surface area contributed by atoms with E-state index < -0.39 is 0 Å². The number of halogens is 1. The molecular weight excluding hydrogens is 340 g/mol. The van der Waals surface area contributed by atoms with Gasteiger partial charge >= 0.3 is 0 Å². The van der Waals surface area contributed by atoms with Crippen LogP contribution < -0.4 is 0 Å². The van der Waals surface area contributed by atoms with Crippen molar-refractivity contribution in [1.29, 1.82) is 0 Å². The summed E-state index contributed by atoms with van der Waals surface area (Å²) in [7, 11) is 0. The van der Waals surface area contributed by atoms with E-state index in [1.165, 1.54) is 13.0 Å². The van der Waals surface area contributed by atoms with Crippen LogP contribution in [0.2, 0.25) is 5.02 Å². The minimum atomic E-state index is -0.0880. The molecule has 0 atom stereocenters. The second kappa shape index (κ2) is 6.26. The van der Waals surface area contributed by atoms with Crippen LogP contribution in [0.3, 0.4) is 0 Å². The van der Waals surface area contributed by atoms with Crippen LogP contribution >= 0.6 is 11.6 Å². The van der Waals surface area contributed by atoms with E-state index in [9.17, 15) is 9.90 Å². The maximum absolute atomic E-state index is 12.2. The maximum Gasteiger partial charge on any atom is 0.162 e. The molecule has 128 valence electrons. The number of carbonyl (C=O) groups is 1. The summed E-state index contributed by atoms with van der Waals surface area (Å²) in [6, 6.07) is 10.5. The minimum Gasteiger partial charge on any atom is -0.507 e. The minimum absolute atomic E-state index is 0.0430. The van der Waals surface area contributed by atoms with Crippen LogP contribution in [0.4, 0.5) is 0 Å². The van der Waals surface area contributed by atoms with E-state index in [1.54, 1.807) is 25.1 Å². The highest BCUT2D eigenvalue weighted by Gasteiger charge is 2.21. The number of ketones is 1. The van der Waals surface area contributed by atoms with Gasteiger partial charge in [0, 0.05) is 32.9 Å². The third kappa shape index (κ3) is 2.76. The van der Waals surface area contributed by atoms with Gasteiger partial charge in [0.2, 0.25) is 0 Å². The number of oxime groups is 1. The third-order valence-corrected chi connectivity index (χ3v) is 4.55. The fourth-order valence-corrected chi connectivity index (χ4v) is 3.29. The van der Waals surface area contributed by atoms with E-state index in [0.717, 1.165) is 16.9 Å². The van der Waals surface area contributed by atoms with Crippen molar-refractivity contribution < 1.29 is 15.1 Å². The Kier molecular flexibility index (Phi) is 4.27. The molecule has 0 aliphatic carbocycles. The second-order valence-corrected chi connectivity index (χ2v) is 6.34. The average molecular weight is 357 g/mol. The van der Waals surface area contributed by atoms with Crippen LogP contribution in [0.25, 0.3) is 16.6 Å². The van der Waals surface area contributed by atoms with Crippen molar-refractivity contribution in [3.63, 3.8) is 0 Å². The number of aromatic nitrogens is 1. The summed E-state index contributed by atoms with van der Waals surface area (Å²) in [4.78, 5) is 12.2. The highest BCUT2D eigenvalue weighted by molar-refractivity contribution is 6.30. The van der Waals surface area contributed by atoms with Crippen molar-refractivity contribution in [2.24, 2.45) is 5.16 Å². The molecule has 3 rings (SSSR count). The lowest BCUT2D eigenvalue weighted by molar-refractivity contribution is 0.101. The molecule has 5 nitrogen and oxygen atoms in total. The van der Waals surface area contributed by atoms with Gasteiger partial charge in [0.05, 0.1) is 11.2 Å². The van der Waals surface area contributed by atoms with Crippen LogP contribution in [-0.2, 0) is 0 Å². The van der Waals surface area contributed by atoms with Crippen molar-refractivity contribution in [2.75, 3.05) is 0 Å². The zero-order valence-electron chi connectivity index (χ0n) is 14.0. The van der Waals surface area contributed by atoms with Gasteiger partial charge in [-0.05, 0) is 57.2 Å². The molecular formula is C19H17ClN2O3. The fourth-order valence-electron chi connectivity index (χ4n) is 3.16. The molecule has 0 bridgehead atoms. The quantitative estimate of drug-likeness (QED) is 0.309. The summed E-state index contributed by atoms with van der Waals surface area (Å²) in [5.74, 6) is -0.131. The molecule has 6 heteroatoms. The predicted octanol–water partition coefficient (Wildman–Crippen LogP) is 4.70. The van der Waals surface area contributed by atoms with Gasteiger partial charge in [0.1, 0.15) is 5.75 Å². The molecule has 0 saturated heterocycles. The van der Waals surface area contributed by atoms with Crippen molar-refractivity contribution in [3.05, 3.63) is 58.2 Å². The van der Waals surface area contributed by atoms with Crippen molar-refractivity contribution >= 4 is 34.0 Å². The number of fused-ring (bicyclic) bond motifs is 1. The summed E-state index contributed by atoms with van der Waals surface area (Å²) in [5, 5.41) is 23.8. The normalized spacial score (nSPS) is 11.9. The Bertz CT molecular complexity index is 1020. The summed E-state index contributed by atoms with van der Waals surface area (Å²) in [5.41, 5.74) is 3.57. The highest BCUT2D eigenvalue weighted by Crippen LogP contribution is 2.34. The van der Waals surface area contributed by atoms with E-state index in [0.29, 0.717) is 21.5 Å². The van der Waals surface area contributed by atoms with Crippen molar-refractivity contribution in [2.45, 2.75) is 20.8 Å². The molecule has 0 aliphatic rings. The SMILES string of the molecule is CC(=O)c1c(C)n(-c2ccc(Cl)cc2)c2cc(/C(C)=N\O)c(O)cc12. The lowest BCUT2D eigenvalue weighted by Crippen LogP contribution is -2.00. The number of benzene rings is 2. The summed E-state index contributed by atoms with van der Waals surface area (Å²) < 4.78 is 1.93. The van der Waals surface area contributed by atoms with Gasteiger partial charge in [-0.1, -0.05) is 16.8 Å². The van der Waals surface area contributed by atoms with Gasteiger partial charge in [-0.2, -0.15) is 0 Å². The number of carbonyl (C=O) groups excluding carboxylic acids is 1. The van der Waals surface area contributed by atoms with Crippen LogP contribution in [0.1, 0.15) is 35.5 Å². The number of phenolic OH excluding ortho intramolecular Hbond substituents is 1. The largest absolute Gasteiger partial charge is 0.507 e. The smallest absolute Gasteiger partial charge is 0.162 e. The van der Waals surface area contributed by atoms with Gasteiger partial charge < -0.3 is 14.9 Å². The van der Waals surface area contributed by atoms with Gasteiger partial charge in [-0.25, -0.2) is 0 Å². The van der Waals surface area contributed by atoms with E-state index in [2.05, 4.69) is 5.16 Å². The lowest BCUT2D eigenvalue weighted by atomic mass is 10.0. The standard InChI is InChI=1S/C19H17ClN2O3/c1-10(21-25)15-8-17-16(9-18(15)24)19(12(3)23)11(2)22(17)14-6-4-13(20)5-7-14/h4-9,24-25H,1-3H3/b21-10-. The van der Waals surface area contributed by atoms with Crippen LogP contribution in [0.15, 0.2) is 41.6 Å². The number of rotatable bonds is 3. The van der Waals surface area contributed by atoms with Gasteiger partial charge in [0.25, 0.3) is 0 Å². The van der Waals surface area contributed by atoms with Crippen molar-refractivity contribution in [3.8, 4) is 11.4 Å². The fraction of sp³-hybridized carbons (Fsp3) is 0.158. The Morgan fingerprint density at radius 2 is 1.80 bits per heavy atom. The molecule has 2 N–H and O–H groups in total. The van der Waals surface area contributed by atoms with E-state index >= 15 is 0 Å². The molecule has 0 amide bonds. The number of hydrogen-bond acceptors (Lipinski definition) is 4. The predicted molar refractivity (Wildman–Crippen MR) is 98.7 cm³/mol. The summed E-state index contributed by atoms with van der Waals surface area (Å²) in [6.45, 7) is 4.95. The van der Waals surface area contributed by atoms with E-state index in [1.807, 2.05) is 23.6 Å². The molecule has 2 aromatic carbocycles. The maximum atomic E-state index is 12.2. The van der Waals surface area contributed by atoms with E-state index in [4.69, 9.17) is 16.8 Å². The van der Waals surface area contributed by atoms with Gasteiger partial charge in [-0.15, -0.1) is 0 Å². The van der Waals surface area contributed by atoms with Crippen LogP contribution in [-0.4, -0.2) is 26.4 Å². The first-order valence-electron chi connectivity index (χ1n) is 7.69. The monoisotopic (exact) mass is 356 g/mol. The Balaban J connectivity index is 2.44. The molecule has 0 radical (unpaired) electrons. The molecule has 0 saturated carbocycles. The number of hydrogen-bond donors (Lipinski definition) is 2. The Morgan fingerprint density at radius 3 is 2.36 bits per heavy atom. The zero-order chi connectivity index (χ0) is 18.3. The molecule has 3 aromatic rings. The summed E-state index contributed by atoms with van der Waals surface area (Å²) >= 11 is 5.98. The van der Waals surface area contributed by atoms with Gasteiger partial charge in [-0.3, -0.25) is 4.79 Å². The molecule has 0 fully saturated rings. The summed E-state index contributed by atoms with van der Waals surface area (Å²) in [6.07, 6.45) is 0. The Hall–Kier alpha value is -2.79. The van der Waals surface area contributed by atoms with Crippen molar-refractivity contribution in [1.82, 2.24) is 4.57 Å². The third-order valence-electron chi connectivity index (χ3n) is 4.30. The average Bonchev–Trinajstić information content (AvgIpc) is 2.85. The van der Waals surface area contributed by atoms with Gasteiger partial charge in [0.15, 0.2) is 5.78 Å². The molecule has 25 heavy (non-hydrogen) atoms. The first kappa shape index (κ1) is 17.0. The lowest BCUT2D eigenvalue weighted by Gasteiger charge is -2.10. The first-order chi connectivity index (χ1) is 11.8. The number of phenols is 1. The molecule has 0 spiro atoms. The molecule has 0 unspecified atom stereocenters. The Labute approximate surface area is 149 Å². The Morgan fingerprint density at radius 1 is 1.16 bits per heavy atom. The topological polar surface area (TPSA) is 74.8 Å². The number of nitrogens with zero attached hydrogens (tertiary/aromatic N) is 2. The molecule has 1 heterocycles. The highest BCUT2D eigenvalue weighted by atomic mass is 35.5.